The molecule has 110 valence electrons. The number of hydrogen-bond acceptors (Lipinski definition) is 2. The van der Waals surface area contributed by atoms with Crippen molar-refractivity contribution in [2.45, 2.75) is 17.7 Å². The second-order valence-corrected chi connectivity index (χ2v) is 7.46. The minimum atomic E-state index is -3.33. The van der Waals surface area contributed by atoms with Gasteiger partial charge in [0.2, 0.25) is 10.0 Å². The summed E-state index contributed by atoms with van der Waals surface area (Å²) in [5, 5.41) is 0. The Hall–Kier alpha value is -1.65. The lowest BCUT2D eigenvalue weighted by Crippen LogP contribution is -2.29. The van der Waals surface area contributed by atoms with E-state index >= 15 is 0 Å². The minimum Gasteiger partial charge on any atom is -0.207 e. The van der Waals surface area contributed by atoms with Crippen LogP contribution in [0.2, 0.25) is 0 Å². The van der Waals surface area contributed by atoms with Gasteiger partial charge in [0, 0.05) is 13.1 Å². The second kappa shape index (κ2) is 6.00. The monoisotopic (exact) mass is 301 g/mol. The average molecular weight is 301 g/mol. The smallest absolute Gasteiger partial charge is 0.207 e. The van der Waals surface area contributed by atoms with E-state index in [9.17, 15) is 8.42 Å². The zero-order chi connectivity index (χ0) is 14.7. The fourth-order valence-electron chi connectivity index (χ4n) is 2.87. The summed E-state index contributed by atoms with van der Waals surface area (Å²) < 4.78 is 26.7. The summed E-state index contributed by atoms with van der Waals surface area (Å²) >= 11 is 0. The first-order chi connectivity index (χ1) is 10.2. The van der Waals surface area contributed by atoms with Crippen LogP contribution in [0.5, 0.6) is 0 Å². The molecule has 1 unspecified atom stereocenters. The van der Waals surface area contributed by atoms with Crippen molar-refractivity contribution in [2.24, 2.45) is 5.92 Å². The largest absolute Gasteiger partial charge is 0.243 e. The van der Waals surface area contributed by atoms with E-state index < -0.39 is 10.0 Å². The van der Waals surface area contributed by atoms with Gasteiger partial charge in [-0.1, -0.05) is 48.5 Å². The van der Waals surface area contributed by atoms with Crippen LogP contribution in [0.3, 0.4) is 0 Å². The van der Waals surface area contributed by atoms with Gasteiger partial charge in [0.25, 0.3) is 0 Å². The van der Waals surface area contributed by atoms with Gasteiger partial charge in [0.05, 0.1) is 4.90 Å². The standard InChI is InChI=1S/C17H19NO2S/c19-21(20,17-9-5-2-6-10-17)18-12-11-16(14-18)13-15-7-3-1-4-8-15/h1-10,16H,11-14H2. The van der Waals surface area contributed by atoms with Crippen molar-refractivity contribution in [1.82, 2.24) is 4.31 Å². The van der Waals surface area contributed by atoms with E-state index in [0.717, 1.165) is 12.8 Å². The molecule has 1 heterocycles. The number of sulfonamides is 1. The highest BCUT2D eigenvalue weighted by atomic mass is 32.2. The van der Waals surface area contributed by atoms with Crippen LogP contribution in [0.25, 0.3) is 0 Å². The van der Waals surface area contributed by atoms with E-state index in [2.05, 4.69) is 12.1 Å². The Morgan fingerprint density at radius 1 is 0.952 bits per heavy atom. The van der Waals surface area contributed by atoms with Gasteiger partial charge in [-0.2, -0.15) is 4.31 Å². The number of hydrogen-bond donors (Lipinski definition) is 0. The van der Waals surface area contributed by atoms with Gasteiger partial charge < -0.3 is 0 Å². The molecule has 4 heteroatoms. The Balaban J connectivity index is 1.70. The summed E-state index contributed by atoms with van der Waals surface area (Å²) in [4.78, 5) is 0.394. The Bertz CT molecular complexity index is 683. The van der Waals surface area contributed by atoms with Crippen molar-refractivity contribution in [3.05, 3.63) is 66.2 Å². The number of nitrogens with zero attached hydrogens (tertiary/aromatic N) is 1. The molecule has 0 radical (unpaired) electrons. The molecular weight excluding hydrogens is 282 g/mol. The third-order valence-corrected chi connectivity index (χ3v) is 5.88. The van der Waals surface area contributed by atoms with Crippen molar-refractivity contribution < 1.29 is 8.42 Å². The van der Waals surface area contributed by atoms with Gasteiger partial charge in [-0.25, -0.2) is 8.42 Å². The van der Waals surface area contributed by atoms with Crippen LogP contribution in [-0.4, -0.2) is 25.8 Å². The minimum absolute atomic E-state index is 0.394. The van der Waals surface area contributed by atoms with E-state index in [1.165, 1.54) is 5.56 Å². The third-order valence-electron chi connectivity index (χ3n) is 4.00. The van der Waals surface area contributed by atoms with Crippen molar-refractivity contribution in [3.63, 3.8) is 0 Å². The fourth-order valence-corrected chi connectivity index (χ4v) is 4.42. The van der Waals surface area contributed by atoms with E-state index in [4.69, 9.17) is 0 Å². The zero-order valence-corrected chi connectivity index (χ0v) is 12.7. The highest BCUT2D eigenvalue weighted by molar-refractivity contribution is 7.89. The summed E-state index contributed by atoms with van der Waals surface area (Å²) in [6, 6.07) is 19.0. The predicted molar refractivity (Wildman–Crippen MR) is 83.5 cm³/mol. The molecule has 1 atom stereocenters. The topological polar surface area (TPSA) is 37.4 Å². The van der Waals surface area contributed by atoms with E-state index in [-0.39, 0.29) is 0 Å². The molecule has 3 nitrogen and oxygen atoms in total. The summed E-state index contributed by atoms with van der Waals surface area (Å²) in [5.74, 6) is 0.408. The Labute approximate surface area is 126 Å². The molecule has 3 rings (SSSR count). The summed E-state index contributed by atoms with van der Waals surface area (Å²) in [5.41, 5.74) is 1.28. The van der Waals surface area contributed by atoms with Crippen molar-refractivity contribution in [3.8, 4) is 0 Å². The highest BCUT2D eigenvalue weighted by Gasteiger charge is 2.32. The maximum absolute atomic E-state index is 12.6. The lowest BCUT2D eigenvalue weighted by molar-refractivity contribution is 0.456. The zero-order valence-electron chi connectivity index (χ0n) is 11.9. The highest BCUT2D eigenvalue weighted by Crippen LogP contribution is 2.26. The van der Waals surface area contributed by atoms with Crippen LogP contribution in [-0.2, 0) is 16.4 Å². The molecule has 2 aromatic rings. The van der Waals surface area contributed by atoms with Gasteiger partial charge in [0.15, 0.2) is 0 Å². The molecule has 0 spiro atoms. The number of benzene rings is 2. The maximum atomic E-state index is 12.6. The molecule has 0 amide bonds. The van der Waals surface area contributed by atoms with Crippen LogP contribution in [0.1, 0.15) is 12.0 Å². The van der Waals surface area contributed by atoms with Crippen LogP contribution in [0.15, 0.2) is 65.6 Å². The van der Waals surface area contributed by atoms with E-state index in [1.807, 2.05) is 24.3 Å². The molecule has 2 aromatic carbocycles. The van der Waals surface area contributed by atoms with E-state index in [0.29, 0.717) is 23.9 Å². The Kier molecular flexibility index (Phi) is 4.08. The molecule has 0 bridgehead atoms. The van der Waals surface area contributed by atoms with Gasteiger partial charge in [0.1, 0.15) is 0 Å². The number of rotatable bonds is 4. The molecule has 0 saturated carbocycles. The van der Waals surface area contributed by atoms with Crippen LogP contribution >= 0.6 is 0 Å². The van der Waals surface area contributed by atoms with Gasteiger partial charge in [-0.3, -0.25) is 0 Å². The van der Waals surface area contributed by atoms with Crippen LogP contribution in [0, 0.1) is 5.92 Å². The third kappa shape index (κ3) is 3.17. The molecule has 21 heavy (non-hydrogen) atoms. The molecule has 1 aliphatic heterocycles. The van der Waals surface area contributed by atoms with Gasteiger partial charge >= 0.3 is 0 Å². The molecule has 0 N–H and O–H groups in total. The van der Waals surface area contributed by atoms with Crippen molar-refractivity contribution in [2.75, 3.05) is 13.1 Å². The molecule has 1 saturated heterocycles. The molecule has 1 fully saturated rings. The quantitative estimate of drug-likeness (QED) is 0.870. The average Bonchev–Trinajstić information content (AvgIpc) is 2.98. The van der Waals surface area contributed by atoms with Crippen LogP contribution < -0.4 is 0 Å². The Morgan fingerprint density at radius 3 is 2.24 bits per heavy atom. The second-order valence-electron chi connectivity index (χ2n) is 5.52. The summed E-state index contributed by atoms with van der Waals surface area (Å²) in [6.07, 6.45) is 1.88. The first kappa shape index (κ1) is 14.3. The molecule has 1 aliphatic rings. The first-order valence-corrected chi connectivity index (χ1v) is 8.69. The molecule has 0 aliphatic carbocycles. The SMILES string of the molecule is O=S(=O)(c1ccccc1)N1CCC(Cc2ccccc2)C1. The molecule has 0 aromatic heterocycles. The van der Waals surface area contributed by atoms with E-state index in [1.54, 1.807) is 28.6 Å². The predicted octanol–water partition coefficient (Wildman–Crippen LogP) is 2.94. The van der Waals surface area contributed by atoms with Crippen molar-refractivity contribution >= 4 is 10.0 Å². The lowest BCUT2D eigenvalue weighted by Gasteiger charge is -2.16. The van der Waals surface area contributed by atoms with Crippen molar-refractivity contribution in [1.29, 1.82) is 0 Å². The normalized spacial score (nSPS) is 19.7. The maximum Gasteiger partial charge on any atom is 0.243 e. The first-order valence-electron chi connectivity index (χ1n) is 7.25. The Morgan fingerprint density at radius 2 is 1.57 bits per heavy atom. The summed E-state index contributed by atoms with van der Waals surface area (Å²) in [6.45, 7) is 1.24. The summed E-state index contributed by atoms with van der Waals surface area (Å²) in [7, 11) is -3.33. The van der Waals surface area contributed by atoms with Gasteiger partial charge in [-0.05, 0) is 36.5 Å². The lowest BCUT2D eigenvalue weighted by atomic mass is 9.99. The molecular formula is C17H19NO2S. The van der Waals surface area contributed by atoms with Crippen LogP contribution in [0.4, 0.5) is 0 Å². The van der Waals surface area contributed by atoms with Gasteiger partial charge in [-0.15, -0.1) is 0 Å². The fraction of sp³-hybridized carbons (Fsp3) is 0.294.